The Balaban J connectivity index is 2.17. The number of amides is 2. The van der Waals surface area contributed by atoms with Crippen molar-refractivity contribution in [2.75, 3.05) is 0 Å². The summed E-state index contributed by atoms with van der Waals surface area (Å²) in [7, 11) is 0. The zero-order valence-electron chi connectivity index (χ0n) is 10.0. The summed E-state index contributed by atoms with van der Waals surface area (Å²) in [6, 6.07) is 14.6. The number of benzene rings is 2. The summed E-state index contributed by atoms with van der Waals surface area (Å²) < 4.78 is 0. The van der Waals surface area contributed by atoms with E-state index in [0.717, 1.165) is 16.7 Å². The number of primary amides is 1. The first-order chi connectivity index (χ1) is 9.16. The number of carbonyl (C=O) groups excluding carboxylic acids is 1. The average molecular weight is 274 g/mol. The van der Waals surface area contributed by atoms with Gasteiger partial charge < -0.3 is 5.73 Å². The van der Waals surface area contributed by atoms with Crippen LogP contribution in [0.25, 0.3) is 11.1 Å². The van der Waals surface area contributed by atoms with Crippen LogP contribution in [0, 0.1) is 0 Å². The molecule has 2 aromatic carbocycles. The summed E-state index contributed by atoms with van der Waals surface area (Å²) in [5.74, 6) is 0. The second-order valence-electron chi connectivity index (χ2n) is 3.84. The molecule has 0 aliphatic rings. The van der Waals surface area contributed by atoms with E-state index in [2.05, 4.69) is 10.5 Å². The monoisotopic (exact) mass is 273 g/mol. The summed E-state index contributed by atoms with van der Waals surface area (Å²) in [6.45, 7) is 0. The van der Waals surface area contributed by atoms with Crippen LogP contribution in [0.1, 0.15) is 5.56 Å². The molecule has 0 atom stereocenters. The van der Waals surface area contributed by atoms with Crippen LogP contribution in [0.5, 0.6) is 0 Å². The number of rotatable bonds is 3. The third kappa shape index (κ3) is 3.56. The molecule has 2 aromatic rings. The predicted molar refractivity (Wildman–Crippen MR) is 77.2 cm³/mol. The molecule has 19 heavy (non-hydrogen) atoms. The van der Waals surface area contributed by atoms with Crippen LogP contribution >= 0.6 is 11.6 Å². The first-order valence-corrected chi connectivity index (χ1v) is 5.98. The molecule has 0 spiro atoms. The van der Waals surface area contributed by atoms with E-state index in [-0.39, 0.29) is 0 Å². The van der Waals surface area contributed by atoms with E-state index in [9.17, 15) is 4.79 Å². The Morgan fingerprint density at radius 1 is 1.16 bits per heavy atom. The fourth-order valence-electron chi connectivity index (χ4n) is 1.61. The Morgan fingerprint density at radius 3 is 2.47 bits per heavy atom. The second-order valence-corrected chi connectivity index (χ2v) is 4.24. The lowest BCUT2D eigenvalue weighted by Crippen LogP contribution is -2.24. The number of hydrogen-bond donors (Lipinski definition) is 2. The SMILES string of the molecule is NC(=O)NN=Cc1ccc(-c2ccccc2Cl)cc1. The van der Waals surface area contributed by atoms with E-state index in [4.69, 9.17) is 17.3 Å². The van der Waals surface area contributed by atoms with Crippen LogP contribution in [-0.4, -0.2) is 12.2 Å². The van der Waals surface area contributed by atoms with E-state index >= 15 is 0 Å². The molecule has 0 aliphatic carbocycles. The fourth-order valence-corrected chi connectivity index (χ4v) is 1.86. The fraction of sp³-hybridized carbons (Fsp3) is 0. The van der Waals surface area contributed by atoms with Crippen molar-refractivity contribution in [3.63, 3.8) is 0 Å². The molecule has 0 heterocycles. The molecule has 96 valence electrons. The van der Waals surface area contributed by atoms with Gasteiger partial charge in [0, 0.05) is 10.6 Å². The van der Waals surface area contributed by atoms with E-state index in [1.807, 2.05) is 48.5 Å². The lowest BCUT2D eigenvalue weighted by atomic mass is 10.0. The van der Waals surface area contributed by atoms with Crippen LogP contribution in [0.15, 0.2) is 53.6 Å². The molecule has 0 bridgehead atoms. The zero-order valence-corrected chi connectivity index (χ0v) is 10.8. The van der Waals surface area contributed by atoms with Gasteiger partial charge in [-0.15, -0.1) is 0 Å². The van der Waals surface area contributed by atoms with E-state index in [0.29, 0.717) is 5.02 Å². The Kier molecular flexibility index (Phi) is 4.15. The third-order valence-corrected chi connectivity index (χ3v) is 2.81. The van der Waals surface area contributed by atoms with Crippen LogP contribution < -0.4 is 11.2 Å². The maximum Gasteiger partial charge on any atom is 0.332 e. The van der Waals surface area contributed by atoms with Crippen molar-refractivity contribution >= 4 is 23.8 Å². The quantitative estimate of drug-likeness (QED) is 0.655. The summed E-state index contributed by atoms with van der Waals surface area (Å²) in [5, 5.41) is 4.39. The van der Waals surface area contributed by atoms with Crippen LogP contribution in [0.2, 0.25) is 5.02 Å². The van der Waals surface area contributed by atoms with Gasteiger partial charge in [-0.3, -0.25) is 0 Å². The number of hydrazone groups is 1. The molecule has 2 rings (SSSR count). The molecule has 5 heteroatoms. The van der Waals surface area contributed by atoms with Gasteiger partial charge in [-0.1, -0.05) is 54.1 Å². The molecule has 0 aliphatic heterocycles. The van der Waals surface area contributed by atoms with Gasteiger partial charge in [0.15, 0.2) is 0 Å². The van der Waals surface area contributed by atoms with Crippen molar-refractivity contribution in [1.29, 1.82) is 0 Å². The molecule has 0 aromatic heterocycles. The number of nitrogens with zero attached hydrogens (tertiary/aromatic N) is 1. The van der Waals surface area contributed by atoms with Gasteiger partial charge in [0.1, 0.15) is 0 Å². The molecule has 3 N–H and O–H groups in total. The van der Waals surface area contributed by atoms with Gasteiger partial charge in [0.25, 0.3) is 0 Å². The number of carbonyl (C=O) groups is 1. The molecule has 0 radical (unpaired) electrons. The zero-order chi connectivity index (χ0) is 13.7. The molecule has 4 nitrogen and oxygen atoms in total. The number of nitrogens with one attached hydrogen (secondary N) is 1. The normalized spacial score (nSPS) is 10.6. The number of halogens is 1. The Hall–Kier alpha value is -2.33. The Bertz CT molecular complexity index is 608. The van der Waals surface area contributed by atoms with E-state index in [1.165, 1.54) is 6.21 Å². The van der Waals surface area contributed by atoms with Crippen molar-refractivity contribution in [2.45, 2.75) is 0 Å². The summed E-state index contributed by atoms with van der Waals surface area (Å²) in [5.41, 5.74) is 9.88. The van der Waals surface area contributed by atoms with Gasteiger partial charge in [0.2, 0.25) is 0 Å². The molecule has 0 saturated heterocycles. The van der Waals surface area contributed by atoms with Gasteiger partial charge in [-0.05, 0) is 17.2 Å². The highest BCUT2D eigenvalue weighted by molar-refractivity contribution is 6.33. The highest BCUT2D eigenvalue weighted by Gasteiger charge is 2.01. The molecular formula is C14H12ClN3O. The standard InChI is InChI=1S/C14H12ClN3O/c15-13-4-2-1-3-12(13)11-7-5-10(6-8-11)9-17-18-14(16)19/h1-9H,(H3,16,18,19). The van der Waals surface area contributed by atoms with Crippen LogP contribution in [-0.2, 0) is 0 Å². The predicted octanol–water partition coefficient (Wildman–Crippen LogP) is 3.01. The van der Waals surface area contributed by atoms with Crippen molar-refractivity contribution in [3.05, 3.63) is 59.1 Å². The number of hydrogen-bond acceptors (Lipinski definition) is 2. The molecule has 0 unspecified atom stereocenters. The van der Waals surface area contributed by atoms with Crippen molar-refractivity contribution in [3.8, 4) is 11.1 Å². The minimum Gasteiger partial charge on any atom is -0.350 e. The first-order valence-electron chi connectivity index (χ1n) is 5.60. The molecule has 0 fully saturated rings. The highest BCUT2D eigenvalue weighted by Crippen LogP contribution is 2.27. The van der Waals surface area contributed by atoms with Gasteiger partial charge in [-0.25, -0.2) is 10.2 Å². The van der Waals surface area contributed by atoms with Gasteiger partial charge in [-0.2, -0.15) is 5.10 Å². The second kappa shape index (κ2) is 6.02. The highest BCUT2D eigenvalue weighted by atomic mass is 35.5. The largest absolute Gasteiger partial charge is 0.350 e. The smallest absolute Gasteiger partial charge is 0.332 e. The van der Waals surface area contributed by atoms with E-state index < -0.39 is 6.03 Å². The van der Waals surface area contributed by atoms with Gasteiger partial charge in [0.05, 0.1) is 6.21 Å². The van der Waals surface area contributed by atoms with E-state index in [1.54, 1.807) is 0 Å². The average Bonchev–Trinajstić information content (AvgIpc) is 2.40. The van der Waals surface area contributed by atoms with Gasteiger partial charge >= 0.3 is 6.03 Å². The molecule has 2 amide bonds. The topological polar surface area (TPSA) is 67.5 Å². The Labute approximate surface area is 115 Å². The number of urea groups is 1. The summed E-state index contributed by atoms with van der Waals surface area (Å²) >= 11 is 6.13. The minimum absolute atomic E-state index is 0.691. The van der Waals surface area contributed by atoms with Crippen molar-refractivity contribution in [1.82, 2.24) is 5.43 Å². The Morgan fingerprint density at radius 2 is 1.84 bits per heavy atom. The first kappa shape index (κ1) is 13.1. The van der Waals surface area contributed by atoms with Crippen LogP contribution in [0.4, 0.5) is 4.79 Å². The lowest BCUT2D eigenvalue weighted by molar-refractivity contribution is 0.249. The lowest BCUT2D eigenvalue weighted by Gasteiger charge is -2.04. The van der Waals surface area contributed by atoms with Crippen molar-refractivity contribution < 1.29 is 4.79 Å². The maximum atomic E-state index is 10.4. The number of nitrogens with two attached hydrogens (primary N) is 1. The van der Waals surface area contributed by atoms with Crippen molar-refractivity contribution in [2.24, 2.45) is 10.8 Å². The maximum absolute atomic E-state index is 10.4. The summed E-state index contributed by atoms with van der Waals surface area (Å²) in [6.07, 6.45) is 1.52. The molecule has 0 saturated carbocycles. The third-order valence-electron chi connectivity index (χ3n) is 2.48. The minimum atomic E-state index is -0.691. The molecular weight excluding hydrogens is 262 g/mol. The summed E-state index contributed by atoms with van der Waals surface area (Å²) in [4.78, 5) is 10.4. The van der Waals surface area contributed by atoms with Crippen LogP contribution in [0.3, 0.4) is 0 Å².